The minimum atomic E-state index is 0.776. The molecule has 0 heterocycles. The number of benzene rings is 1. The van der Waals surface area contributed by atoms with Gasteiger partial charge in [0.1, 0.15) is 0 Å². The van der Waals surface area contributed by atoms with Gasteiger partial charge >= 0.3 is 0 Å². The molecule has 1 rings (SSSR count). The highest BCUT2D eigenvalue weighted by atomic mass is 35.5. The summed E-state index contributed by atoms with van der Waals surface area (Å²) in [5, 5.41) is 0.843. The van der Waals surface area contributed by atoms with Crippen molar-refractivity contribution in [3.63, 3.8) is 0 Å². The zero-order chi connectivity index (χ0) is 10.6. The second kappa shape index (κ2) is 5.38. The second-order valence-electron chi connectivity index (χ2n) is 3.75. The second-order valence-corrected chi connectivity index (χ2v) is 4.19. The Morgan fingerprint density at radius 2 is 1.93 bits per heavy atom. The van der Waals surface area contributed by atoms with Crippen LogP contribution in [0.4, 0.5) is 0 Å². The molecule has 0 saturated carbocycles. The van der Waals surface area contributed by atoms with E-state index in [1.54, 1.807) is 0 Å². The number of hydrogen-bond acceptors (Lipinski definition) is 1. The van der Waals surface area contributed by atoms with Crippen LogP contribution in [0.1, 0.15) is 29.5 Å². The maximum Gasteiger partial charge on any atom is 0.0411 e. The van der Waals surface area contributed by atoms with Crippen molar-refractivity contribution < 1.29 is 0 Å². The van der Waals surface area contributed by atoms with E-state index >= 15 is 0 Å². The SMILES string of the molecule is Cc1cc(Cl)cc(CCCCN)c1C. The van der Waals surface area contributed by atoms with Crippen molar-refractivity contribution in [1.29, 1.82) is 0 Å². The molecule has 1 nitrogen and oxygen atoms in total. The molecule has 0 aliphatic carbocycles. The minimum Gasteiger partial charge on any atom is -0.330 e. The monoisotopic (exact) mass is 211 g/mol. The molecule has 2 heteroatoms. The molecule has 0 bridgehead atoms. The average Bonchev–Trinajstić information content (AvgIpc) is 2.13. The lowest BCUT2D eigenvalue weighted by Crippen LogP contribution is -2.00. The maximum absolute atomic E-state index is 6.01. The predicted octanol–water partition coefficient (Wildman–Crippen LogP) is 3.24. The number of aryl methyl sites for hydroxylation is 2. The predicted molar refractivity (Wildman–Crippen MR) is 62.9 cm³/mol. The lowest BCUT2D eigenvalue weighted by Gasteiger charge is -2.09. The van der Waals surface area contributed by atoms with Crippen molar-refractivity contribution in [2.24, 2.45) is 5.73 Å². The number of hydrogen-bond donors (Lipinski definition) is 1. The van der Waals surface area contributed by atoms with Crippen molar-refractivity contribution in [2.75, 3.05) is 6.54 Å². The van der Waals surface area contributed by atoms with Gasteiger partial charge in [-0.15, -0.1) is 0 Å². The Labute approximate surface area is 91.3 Å². The lowest BCUT2D eigenvalue weighted by atomic mass is 9.99. The largest absolute Gasteiger partial charge is 0.330 e. The molecule has 0 atom stereocenters. The van der Waals surface area contributed by atoms with Crippen LogP contribution >= 0.6 is 11.6 Å². The van der Waals surface area contributed by atoms with Crippen LogP contribution in [0, 0.1) is 13.8 Å². The third kappa shape index (κ3) is 3.00. The van der Waals surface area contributed by atoms with E-state index in [0.29, 0.717) is 0 Å². The van der Waals surface area contributed by atoms with Gasteiger partial charge in [-0.25, -0.2) is 0 Å². The molecular weight excluding hydrogens is 194 g/mol. The number of halogens is 1. The van der Waals surface area contributed by atoms with Gasteiger partial charge in [0.25, 0.3) is 0 Å². The minimum absolute atomic E-state index is 0.776. The zero-order valence-corrected chi connectivity index (χ0v) is 9.69. The fourth-order valence-electron chi connectivity index (χ4n) is 1.60. The van der Waals surface area contributed by atoms with Gasteiger partial charge < -0.3 is 5.73 Å². The molecule has 0 aliphatic heterocycles. The fourth-order valence-corrected chi connectivity index (χ4v) is 1.90. The summed E-state index contributed by atoms with van der Waals surface area (Å²) >= 11 is 6.01. The van der Waals surface area contributed by atoms with Gasteiger partial charge in [-0.2, -0.15) is 0 Å². The molecule has 2 N–H and O–H groups in total. The Bertz CT molecular complexity index is 307. The van der Waals surface area contributed by atoms with Crippen molar-refractivity contribution in [1.82, 2.24) is 0 Å². The normalized spacial score (nSPS) is 10.6. The molecule has 0 amide bonds. The molecular formula is C12H18ClN. The van der Waals surface area contributed by atoms with Crippen molar-refractivity contribution in [3.05, 3.63) is 33.8 Å². The fraction of sp³-hybridized carbons (Fsp3) is 0.500. The Balaban J connectivity index is 2.75. The summed E-state index contributed by atoms with van der Waals surface area (Å²) < 4.78 is 0. The molecule has 78 valence electrons. The van der Waals surface area contributed by atoms with Crippen LogP contribution in [-0.2, 0) is 6.42 Å². The first-order chi connectivity index (χ1) is 6.65. The Kier molecular flexibility index (Phi) is 4.43. The molecule has 14 heavy (non-hydrogen) atoms. The Hall–Kier alpha value is -0.530. The Morgan fingerprint density at radius 1 is 1.21 bits per heavy atom. The van der Waals surface area contributed by atoms with Crippen LogP contribution < -0.4 is 5.73 Å². The first-order valence-electron chi connectivity index (χ1n) is 5.11. The quantitative estimate of drug-likeness (QED) is 0.761. The van der Waals surface area contributed by atoms with Crippen LogP contribution in [-0.4, -0.2) is 6.54 Å². The average molecular weight is 212 g/mol. The molecule has 0 spiro atoms. The van der Waals surface area contributed by atoms with Crippen molar-refractivity contribution >= 4 is 11.6 Å². The van der Waals surface area contributed by atoms with Gasteiger partial charge in [0.2, 0.25) is 0 Å². The summed E-state index contributed by atoms with van der Waals surface area (Å²) in [6.45, 7) is 5.04. The molecule has 0 fully saturated rings. The molecule has 1 aromatic rings. The maximum atomic E-state index is 6.01. The van der Waals surface area contributed by atoms with E-state index in [1.807, 2.05) is 6.07 Å². The van der Waals surface area contributed by atoms with Crippen molar-refractivity contribution in [3.8, 4) is 0 Å². The smallest absolute Gasteiger partial charge is 0.0411 e. The molecule has 0 aliphatic rings. The lowest BCUT2D eigenvalue weighted by molar-refractivity contribution is 0.742. The van der Waals surface area contributed by atoms with Gasteiger partial charge in [-0.3, -0.25) is 0 Å². The van der Waals surface area contributed by atoms with E-state index in [2.05, 4.69) is 19.9 Å². The summed E-state index contributed by atoms with van der Waals surface area (Å²) in [6.07, 6.45) is 3.33. The number of unbranched alkanes of at least 4 members (excludes halogenated alkanes) is 1. The van der Waals surface area contributed by atoms with Crippen LogP contribution in [0.5, 0.6) is 0 Å². The summed E-state index contributed by atoms with van der Waals surface area (Å²) in [4.78, 5) is 0. The summed E-state index contributed by atoms with van der Waals surface area (Å²) in [5.74, 6) is 0. The van der Waals surface area contributed by atoms with Crippen LogP contribution in [0.25, 0.3) is 0 Å². The van der Waals surface area contributed by atoms with E-state index in [1.165, 1.54) is 16.7 Å². The summed E-state index contributed by atoms with van der Waals surface area (Å²) in [6, 6.07) is 4.09. The topological polar surface area (TPSA) is 26.0 Å². The van der Waals surface area contributed by atoms with E-state index in [-0.39, 0.29) is 0 Å². The Morgan fingerprint density at radius 3 is 2.57 bits per heavy atom. The summed E-state index contributed by atoms with van der Waals surface area (Å²) in [7, 11) is 0. The van der Waals surface area contributed by atoms with Gasteiger partial charge in [-0.1, -0.05) is 11.6 Å². The number of nitrogens with two attached hydrogens (primary N) is 1. The van der Waals surface area contributed by atoms with E-state index < -0.39 is 0 Å². The molecule has 0 radical (unpaired) electrons. The van der Waals surface area contributed by atoms with Crippen LogP contribution in [0.2, 0.25) is 5.02 Å². The van der Waals surface area contributed by atoms with Gasteiger partial charge in [0, 0.05) is 5.02 Å². The van der Waals surface area contributed by atoms with Gasteiger partial charge in [-0.05, 0) is 68.5 Å². The summed E-state index contributed by atoms with van der Waals surface area (Å²) in [5.41, 5.74) is 9.47. The molecule has 0 saturated heterocycles. The standard InChI is InChI=1S/C12H18ClN/c1-9-7-12(13)8-11(10(9)2)5-3-4-6-14/h7-8H,3-6,14H2,1-2H3. The third-order valence-corrected chi connectivity index (χ3v) is 2.86. The van der Waals surface area contributed by atoms with E-state index in [0.717, 1.165) is 30.8 Å². The highest BCUT2D eigenvalue weighted by Crippen LogP contribution is 2.21. The van der Waals surface area contributed by atoms with Crippen LogP contribution in [0.3, 0.4) is 0 Å². The molecule has 0 unspecified atom stereocenters. The third-order valence-electron chi connectivity index (χ3n) is 2.64. The van der Waals surface area contributed by atoms with Gasteiger partial charge in [0.05, 0.1) is 0 Å². The van der Waals surface area contributed by atoms with Crippen molar-refractivity contribution in [2.45, 2.75) is 33.1 Å². The molecule has 1 aromatic carbocycles. The molecule has 0 aromatic heterocycles. The highest BCUT2D eigenvalue weighted by molar-refractivity contribution is 6.30. The van der Waals surface area contributed by atoms with E-state index in [4.69, 9.17) is 17.3 Å². The van der Waals surface area contributed by atoms with Gasteiger partial charge in [0.15, 0.2) is 0 Å². The van der Waals surface area contributed by atoms with Crippen LogP contribution in [0.15, 0.2) is 12.1 Å². The first kappa shape index (κ1) is 11.5. The number of rotatable bonds is 4. The van der Waals surface area contributed by atoms with E-state index in [9.17, 15) is 0 Å². The highest BCUT2D eigenvalue weighted by Gasteiger charge is 2.02. The zero-order valence-electron chi connectivity index (χ0n) is 8.94. The first-order valence-corrected chi connectivity index (χ1v) is 5.48.